The minimum atomic E-state index is -0.231. The van der Waals surface area contributed by atoms with Crippen molar-refractivity contribution in [3.63, 3.8) is 0 Å². The van der Waals surface area contributed by atoms with Crippen LogP contribution in [0, 0.1) is 0 Å². The maximum Gasteiger partial charge on any atom is 0.305 e. The molecule has 0 aliphatic heterocycles. The van der Waals surface area contributed by atoms with Gasteiger partial charge in [-0.2, -0.15) is 0 Å². The van der Waals surface area contributed by atoms with Crippen LogP contribution in [0.25, 0.3) is 0 Å². The maximum atomic E-state index is 12.7. The molecule has 168 valence electrons. The first-order valence-electron chi connectivity index (χ1n) is 11.2. The van der Waals surface area contributed by atoms with Gasteiger partial charge in [-0.25, -0.2) is 0 Å². The minimum absolute atomic E-state index is 0.104. The smallest absolute Gasteiger partial charge is 0.305 e. The number of amides is 1. The number of nitrogens with one attached hydrogen (secondary N) is 1. The number of fused-ring (bicyclic) bond motifs is 1. The zero-order valence-electron chi connectivity index (χ0n) is 20.1. The quantitative estimate of drug-likeness (QED) is 0.565. The van der Waals surface area contributed by atoms with E-state index in [0.29, 0.717) is 18.4 Å². The van der Waals surface area contributed by atoms with Crippen LogP contribution in [-0.2, 0) is 26.8 Å². The number of carbonyl (C=O) groups is 2. The molecule has 0 saturated carbocycles. The van der Waals surface area contributed by atoms with Gasteiger partial charge in [0.1, 0.15) is 0 Å². The second-order valence-corrected chi connectivity index (χ2v) is 9.26. The Morgan fingerprint density at radius 1 is 0.903 bits per heavy atom. The fourth-order valence-corrected chi connectivity index (χ4v) is 4.04. The highest BCUT2D eigenvalue weighted by molar-refractivity contribution is 6.04. The topological polar surface area (TPSA) is 55.4 Å². The number of hydrogen-bond donors (Lipinski definition) is 1. The van der Waals surface area contributed by atoms with Gasteiger partial charge in [0.25, 0.3) is 5.91 Å². The van der Waals surface area contributed by atoms with E-state index in [-0.39, 0.29) is 22.7 Å². The zero-order valence-corrected chi connectivity index (χ0v) is 20.1. The third-order valence-corrected chi connectivity index (χ3v) is 6.17. The van der Waals surface area contributed by atoms with Crippen LogP contribution in [0.1, 0.15) is 87.9 Å². The summed E-state index contributed by atoms with van der Waals surface area (Å²) < 4.78 is 4.66. The van der Waals surface area contributed by atoms with E-state index >= 15 is 0 Å². The van der Waals surface area contributed by atoms with Gasteiger partial charge in [-0.1, -0.05) is 59.7 Å². The number of aryl methyl sites for hydroxylation is 1. The molecule has 31 heavy (non-hydrogen) atoms. The summed E-state index contributed by atoms with van der Waals surface area (Å²) in [5.74, 6) is -0.359. The molecule has 1 aliphatic carbocycles. The van der Waals surface area contributed by atoms with Crippen LogP contribution in [-0.4, -0.2) is 19.0 Å². The van der Waals surface area contributed by atoms with Crippen molar-refractivity contribution in [1.82, 2.24) is 0 Å². The number of esters is 1. The first kappa shape index (κ1) is 24.6. The molecule has 0 atom stereocenters. The van der Waals surface area contributed by atoms with Crippen LogP contribution in [0.3, 0.4) is 0 Å². The number of benzene rings is 2. The Morgan fingerprint density at radius 2 is 1.48 bits per heavy atom. The first-order chi connectivity index (χ1) is 14.6. The summed E-state index contributed by atoms with van der Waals surface area (Å²) in [5.41, 5.74) is 5.40. The Balaban J connectivity index is 0.00000166. The Kier molecular flexibility index (Phi) is 8.05. The molecule has 0 saturated heterocycles. The van der Waals surface area contributed by atoms with Crippen LogP contribution >= 0.6 is 0 Å². The number of methoxy groups -OCH3 is 1. The van der Waals surface area contributed by atoms with Gasteiger partial charge in [0.15, 0.2) is 0 Å². The van der Waals surface area contributed by atoms with Gasteiger partial charge < -0.3 is 10.1 Å². The lowest BCUT2D eigenvalue weighted by molar-refractivity contribution is -0.140. The number of carbonyl (C=O) groups excluding carboxylic acids is 2. The molecule has 0 aromatic heterocycles. The Morgan fingerprint density at radius 3 is 2.06 bits per heavy atom. The van der Waals surface area contributed by atoms with Crippen LogP contribution in [0.2, 0.25) is 0 Å². The van der Waals surface area contributed by atoms with Crippen LogP contribution in [0.4, 0.5) is 5.69 Å². The molecule has 0 unspecified atom stereocenters. The van der Waals surface area contributed by atoms with Gasteiger partial charge in [-0.15, -0.1) is 0 Å². The van der Waals surface area contributed by atoms with E-state index in [2.05, 4.69) is 49.9 Å². The molecular weight excluding hydrogens is 386 g/mol. The maximum absolute atomic E-state index is 12.7. The molecule has 1 amide bonds. The van der Waals surface area contributed by atoms with E-state index in [4.69, 9.17) is 0 Å². The predicted molar refractivity (Wildman–Crippen MR) is 128 cm³/mol. The molecule has 0 fully saturated rings. The van der Waals surface area contributed by atoms with Crippen molar-refractivity contribution in [3.8, 4) is 0 Å². The minimum Gasteiger partial charge on any atom is -0.469 e. The summed E-state index contributed by atoms with van der Waals surface area (Å²) in [6, 6.07) is 13.7. The number of hydrogen-bond acceptors (Lipinski definition) is 3. The van der Waals surface area contributed by atoms with Crippen molar-refractivity contribution in [2.45, 2.75) is 78.1 Å². The molecule has 2 aromatic rings. The zero-order chi connectivity index (χ0) is 23.2. The molecular formula is C27H37NO3. The van der Waals surface area contributed by atoms with E-state index in [1.807, 2.05) is 32.0 Å². The molecule has 3 rings (SSSR count). The summed E-state index contributed by atoms with van der Waals surface area (Å²) in [7, 11) is 1.39. The molecule has 4 heteroatoms. The van der Waals surface area contributed by atoms with E-state index in [9.17, 15) is 9.59 Å². The van der Waals surface area contributed by atoms with Crippen LogP contribution < -0.4 is 5.32 Å². The molecule has 0 heterocycles. The predicted octanol–water partition coefficient (Wildman–Crippen LogP) is 6.42. The summed E-state index contributed by atoms with van der Waals surface area (Å²) >= 11 is 0. The standard InChI is InChI=1S/C25H31NO3.C2H6/c1-24(2)14-15-25(3,4)21-16-19(11-12-20(21)24)26-23(28)18-9-6-17(7-10-18)8-13-22(27)29-5;1-2/h6-7,9-12,16H,8,13-15H2,1-5H3,(H,26,28);1-2H3. The molecule has 0 spiro atoms. The van der Waals surface area contributed by atoms with Crippen LogP contribution in [0.15, 0.2) is 42.5 Å². The van der Waals surface area contributed by atoms with Gasteiger partial charge in [0.05, 0.1) is 7.11 Å². The monoisotopic (exact) mass is 423 g/mol. The Labute approximate surface area is 187 Å². The lowest BCUT2D eigenvalue weighted by Crippen LogP contribution is -2.33. The molecule has 1 N–H and O–H groups in total. The van der Waals surface area contributed by atoms with Crippen molar-refractivity contribution in [2.75, 3.05) is 12.4 Å². The molecule has 0 radical (unpaired) electrons. The highest BCUT2D eigenvalue weighted by atomic mass is 16.5. The number of rotatable bonds is 5. The summed E-state index contributed by atoms with van der Waals surface area (Å²) in [5, 5.41) is 3.04. The van der Waals surface area contributed by atoms with Crippen molar-refractivity contribution in [1.29, 1.82) is 0 Å². The fraction of sp³-hybridized carbons (Fsp3) is 0.481. The van der Waals surface area contributed by atoms with Gasteiger partial charge in [-0.05, 0) is 71.0 Å². The lowest BCUT2D eigenvalue weighted by Gasteiger charge is -2.42. The molecule has 4 nitrogen and oxygen atoms in total. The van der Waals surface area contributed by atoms with Crippen molar-refractivity contribution in [3.05, 3.63) is 64.7 Å². The third-order valence-electron chi connectivity index (χ3n) is 6.17. The largest absolute Gasteiger partial charge is 0.469 e. The summed E-state index contributed by atoms with van der Waals surface area (Å²) in [6.07, 6.45) is 3.24. The normalized spacial score (nSPS) is 15.7. The second kappa shape index (κ2) is 10.1. The summed E-state index contributed by atoms with van der Waals surface area (Å²) in [4.78, 5) is 24.0. The molecule has 2 aromatic carbocycles. The highest BCUT2D eigenvalue weighted by Crippen LogP contribution is 2.46. The lowest BCUT2D eigenvalue weighted by atomic mass is 9.63. The van der Waals surface area contributed by atoms with Gasteiger partial charge in [-0.3, -0.25) is 9.59 Å². The Bertz CT molecular complexity index is 911. The fourth-order valence-electron chi connectivity index (χ4n) is 4.04. The average molecular weight is 424 g/mol. The van der Waals surface area contributed by atoms with E-state index in [1.165, 1.54) is 24.7 Å². The van der Waals surface area contributed by atoms with E-state index < -0.39 is 0 Å². The van der Waals surface area contributed by atoms with E-state index in [1.54, 1.807) is 12.1 Å². The average Bonchev–Trinajstić information content (AvgIpc) is 2.77. The second-order valence-electron chi connectivity index (χ2n) is 9.26. The van der Waals surface area contributed by atoms with Gasteiger partial charge >= 0.3 is 5.97 Å². The number of anilines is 1. The Hall–Kier alpha value is -2.62. The third kappa shape index (κ3) is 5.96. The first-order valence-corrected chi connectivity index (χ1v) is 11.2. The molecule has 0 bridgehead atoms. The van der Waals surface area contributed by atoms with Crippen molar-refractivity contribution in [2.24, 2.45) is 0 Å². The van der Waals surface area contributed by atoms with E-state index in [0.717, 1.165) is 17.7 Å². The summed E-state index contributed by atoms with van der Waals surface area (Å²) in [6.45, 7) is 13.1. The van der Waals surface area contributed by atoms with Crippen molar-refractivity contribution < 1.29 is 14.3 Å². The van der Waals surface area contributed by atoms with Gasteiger partial charge in [0.2, 0.25) is 0 Å². The van der Waals surface area contributed by atoms with Crippen LogP contribution in [0.5, 0.6) is 0 Å². The SMILES string of the molecule is CC.COC(=O)CCc1ccc(C(=O)Nc2ccc3c(c2)C(C)(C)CCC3(C)C)cc1. The van der Waals surface area contributed by atoms with Crippen molar-refractivity contribution >= 4 is 17.6 Å². The molecule has 1 aliphatic rings. The van der Waals surface area contributed by atoms with Gasteiger partial charge in [0, 0.05) is 17.7 Å². The number of ether oxygens (including phenoxy) is 1. The highest BCUT2D eigenvalue weighted by Gasteiger charge is 2.37.